The summed E-state index contributed by atoms with van der Waals surface area (Å²) in [5.41, 5.74) is 1.15. The van der Waals surface area contributed by atoms with Gasteiger partial charge in [-0.15, -0.1) is 0 Å². The van der Waals surface area contributed by atoms with E-state index >= 15 is 0 Å². The van der Waals surface area contributed by atoms with Crippen LogP contribution in [0.25, 0.3) is 0 Å². The third kappa shape index (κ3) is 4.86. The minimum atomic E-state index is -0.145. The predicted octanol–water partition coefficient (Wildman–Crippen LogP) is 3.87. The lowest BCUT2D eigenvalue weighted by molar-refractivity contribution is -0.133. The molecule has 2 aromatic rings. The highest BCUT2D eigenvalue weighted by Crippen LogP contribution is 2.42. The van der Waals surface area contributed by atoms with Crippen molar-refractivity contribution >= 4 is 5.91 Å². The van der Waals surface area contributed by atoms with Crippen molar-refractivity contribution in [2.24, 2.45) is 0 Å². The van der Waals surface area contributed by atoms with E-state index in [1.165, 1.54) is 5.56 Å². The van der Waals surface area contributed by atoms with Crippen molar-refractivity contribution in [2.75, 3.05) is 26.8 Å². The third-order valence-corrected chi connectivity index (χ3v) is 6.40. The van der Waals surface area contributed by atoms with Crippen LogP contribution in [0.1, 0.15) is 68.1 Å². The van der Waals surface area contributed by atoms with E-state index in [0.29, 0.717) is 18.9 Å². The van der Waals surface area contributed by atoms with Crippen molar-refractivity contribution in [1.29, 1.82) is 0 Å². The number of hydrogen-bond acceptors (Lipinski definition) is 5. The fraction of sp³-hybridized carbons (Fsp3) is 0.609. The molecule has 1 saturated heterocycles. The van der Waals surface area contributed by atoms with E-state index in [4.69, 9.17) is 14.2 Å². The smallest absolute Gasteiger partial charge is 0.229 e. The van der Waals surface area contributed by atoms with Crippen molar-refractivity contribution < 1.29 is 14.1 Å². The summed E-state index contributed by atoms with van der Waals surface area (Å²) in [7, 11) is 1.73. The number of ether oxygens (including phenoxy) is 1. The molecule has 1 aliphatic carbocycles. The normalized spacial score (nSPS) is 18.7. The van der Waals surface area contributed by atoms with Gasteiger partial charge in [-0.2, -0.15) is 4.98 Å². The maximum absolute atomic E-state index is 12.7. The van der Waals surface area contributed by atoms with E-state index in [0.717, 1.165) is 69.8 Å². The van der Waals surface area contributed by atoms with Gasteiger partial charge in [0.25, 0.3) is 0 Å². The second-order valence-electron chi connectivity index (χ2n) is 8.47. The summed E-state index contributed by atoms with van der Waals surface area (Å²) in [5, 5.41) is 4.33. The van der Waals surface area contributed by atoms with Crippen LogP contribution in [0.2, 0.25) is 0 Å². The highest BCUT2D eigenvalue weighted by molar-refractivity contribution is 5.76. The van der Waals surface area contributed by atoms with Crippen molar-refractivity contribution in [3.05, 3.63) is 47.6 Å². The number of carbonyl (C=O) groups is 1. The van der Waals surface area contributed by atoms with Crippen LogP contribution in [0.15, 0.2) is 34.9 Å². The van der Waals surface area contributed by atoms with Crippen molar-refractivity contribution in [2.45, 2.75) is 62.7 Å². The number of amides is 1. The number of hydrogen-bond donors (Lipinski definition) is 0. The molecule has 1 aromatic carbocycles. The molecule has 156 valence electrons. The molecule has 2 fully saturated rings. The Hall–Kier alpha value is -2.21. The molecule has 4 rings (SSSR count). The van der Waals surface area contributed by atoms with E-state index in [9.17, 15) is 4.79 Å². The number of carbonyl (C=O) groups excluding carboxylic acids is 1. The zero-order valence-corrected chi connectivity index (χ0v) is 17.3. The number of piperidine rings is 1. The molecule has 6 nitrogen and oxygen atoms in total. The topological polar surface area (TPSA) is 68.5 Å². The zero-order valence-electron chi connectivity index (χ0n) is 17.3. The Kier molecular flexibility index (Phi) is 6.28. The van der Waals surface area contributed by atoms with Gasteiger partial charge in [-0.25, -0.2) is 0 Å². The first-order chi connectivity index (χ1) is 14.2. The van der Waals surface area contributed by atoms with Gasteiger partial charge in [-0.3, -0.25) is 4.79 Å². The summed E-state index contributed by atoms with van der Waals surface area (Å²) < 4.78 is 10.9. The first kappa shape index (κ1) is 20.1. The van der Waals surface area contributed by atoms with Crippen LogP contribution in [0, 0.1) is 0 Å². The van der Waals surface area contributed by atoms with Crippen LogP contribution in [0.4, 0.5) is 0 Å². The Morgan fingerprint density at radius 1 is 1.24 bits per heavy atom. The Morgan fingerprint density at radius 2 is 2.00 bits per heavy atom. The molecule has 0 N–H and O–H groups in total. The molecule has 2 heterocycles. The van der Waals surface area contributed by atoms with Crippen LogP contribution >= 0.6 is 0 Å². The average molecular weight is 398 g/mol. The van der Waals surface area contributed by atoms with Crippen LogP contribution < -0.4 is 0 Å². The van der Waals surface area contributed by atoms with E-state index in [1.807, 2.05) is 23.1 Å². The number of nitrogens with zero attached hydrogens (tertiary/aromatic N) is 3. The van der Waals surface area contributed by atoms with Crippen LogP contribution in [0.5, 0.6) is 0 Å². The molecular formula is C23H31N3O3. The van der Waals surface area contributed by atoms with E-state index in [1.54, 1.807) is 7.11 Å². The van der Waals surface area contributed by atoms with Gasteiger partial charge in [-0.1, -0.05) is 35.5 Å². The molecule has 0 spiro atoms. The lowest BCUT2D eigenvalue weighted by atomic mass is 9.75. The molecule has 1 aliphatic heterocycles. The standard InChI is InChI=1S/C23H31N3O3/c1-28-17-14-23(22-24-21(29-25-22)19-10-11-19)12-15-26(16-13-23)20(27)9-5-8-18-6-3-2-4-7-18/h2-4,6-7,19H,5,8-17H2,1H3. The molecule has 0 unspecified atom stereocenters. The molecule has 1 amide bonds. The van der Waals surface area contributed by atoms with Crippen molar-refractivity contribution in [3.8, 4) is 0 Å². The summed E-state index contributed by atoms with van der Waals surface area (Å²) in [4.78, 5) is 19.5. The first-order valence-electron chi connectivity index (χ1n) is 10.8. The first-order valence-corrected chi connectivity index (χ1v) is 10.8. The summed E-state index contributed by atoms with van der Waals surface area (Å²) in [5.74, 6) is 2.32. The summed E-state index contributed by atoms with van der Waals surface area (Å²) in [6.07, 6.45) is 7.34. The lowest BCUT2D eigenvalue weighted by Crippen LogP contribution is -2.46. The Bertz CT molecular complexity index is 793. The third-order valence-electron chi connectivity index (χ3n) is 6.40. The minimum Gasteiger partial charge on any atom is -0.385 e. The maximum Gasteiger partial charge on any atom is 0.229 e. The van der Waals surface area contributed by atoms with E-state index in [2.05, 4.69) is 17.3 Å². The second kappa shape index (κ2) is 9.08. The quantitative estimate of drug-likeness (QED) is 0.643. The van der Waals surface area contributed by atoms with Gasteiger partial charge in [0.15, 0.2) is 5.82 Å². The van der Waals surface area contributed by atoms with Gasteiger partial charge < -0.3 is 14.2 Å². The highest BCUT2D eigenvalue weighted by atomic mass is 16.5. The molecule has 29 heavy (non-hydrogen) atoms. The van der Waals surface area contributed by atoms with Gasteiger partial charge in [0, 0.05) is 44.6 Å². The highest BCUT2D eigenvalue weighted by Gasteiger charge is 2.42. The second-order valence-corrected chi connectivity index (χ2v) is 8.47. The Morgan fingerprint density at radius 3 is 2.69 bits per heavy atom. The Labute approximate surface area is 172 Å². The monoisotopic (exact) mass is 397 g/mol. The van der Waals surface area contributed by atoms with E-state index < -0.39 is 0 Å². The SMILES string of the molecule is COCCC1(c2noc(C3CC3)n2)CCN(C(=O)CCCc2ccccc2)CC1. The van der Waals surface area contributed by atoms with Gasteiger partial charge in [0.05, 0.1) is 0 Å². The van der Waals surface area contributed by atoms with Crippen LogP contribution in [-0.2, 0) is 21.4 Å². The average Bonchev–Trinajstić information content (AvgIpc) is 3.49. The molecule has 0 atom stereocenters. The van der Waals surface area contributed by atoms with Crippen LogP contribution in [-0.4, -0.2) is 47.8 Å². The lowest BCUT2D eigenvalue weighted by Gasteiger charge is -2.40. The number of methoxy groups -OCH3 is 1. The summed E-state index contributed by atoms with van der Waals surface area (Å²) in [6, 6.07) is 10.4. The van der Waals surface area contributed by atoms with Crippen LogP contribution in [0.3, 0.4) is 0 Å². The predicted molar refractivity (Wildman–Crippen MR) is 110 cm³/mol. The number of benzene rings is 1. The summed E-state index contributed by atoms with van der Waals surface area (Å²) in [6.45, 7) is 2.17. The van der Waals surface area contributed by atoms with Crippen molar-refractivity contribution in [3.63, 3.8) is 0 Å². The van der Waals surface area contributed by atoms with Gasteiger partial charge in [0.2, 0.25) is 11.8 Å². The molecule has 6 heteroatoms. The summed E-state index contributed by atoms with van der Waals surface area (Å²) >= 11 is 0. The fourth-order valence-corrected chi connectivity index (χ4v) is 4.26. The zero-order chi connectivity index (χ0) is 20.1. The van der Waals surface area contributed by atoms with E-state index in [-0.39, 0.29) is 11.3 Å². The molecule has 1 saturated carbocycles. The molecule has 0 radical (unpaired) electrons. The minimum absolute atomic E-state index is 0.145. The van der Waals surface area contributed by atoms with Gasteiger partial charge in [-0.05, 0) is 50.5 Å². The number of aromatic nitrogens is 2. The molecular weight excluding hydrogens is 366 g/mol. The van der Waals surface area contributed by atoms with Gasteiger partial charge >= 0.3 is 0 Å². The fourth-order valence-electron chi connectivity index (χ4n) is 4.26. The molecule has 2 aliphatic rings. The maximum atomic E-state index is 12.7. The largest absolute Gasteiger partial charge is 0.385 e. The number of aryl methyl sites for hydroxylation is 1. The number of likely N-dealkylation sites (tertiary alicyclic amines) is 1. The molecule has 0 bridgehead atoms. The van der Waals surface area contributed by atoms with Crippen molar-refractivity contribution in [1.82, 2.24) is 15.0 Å². The van der Waals surface area contributed by atoms with Gasteiger partial charge in [0.1, 0.15) is 0 Å². The number of rotatable bonds is 9. The molecule has 1 aromatic heterocycles. The Balaban J connectivity index is 1.32.